The van der Waals surface area contributed by atoms with Crippen LogP contribution in [-0.4, -0.2) is 87.6 Å². The van der Waals surface area contributed by atoms with Gasteiger partial charge in [0.15, 0.2) is 0 Å². The second kappa shape index (κ2) is 15.2. The lowest BCUT2D eigenvalue weighted by molar-refractivity contribution is -0.144. The SMILES string of the molecule is C=CCN(C(=O)[C@@H]1[C@@H]2CCC3(S2)C(C(=O)N(CC=C)C2CCCCC2)N(CCCCCCO)C(=O)[C@H]13)c1ccc(OCC)cc1. The van der Waals surface area contributed by atoms with Crippen molar-refractivity contribution in [1.29, 1.82) is 0 Å². The van der Waals surface area contributed by atoms with E-state index in [-0.39, 0.29) is 35.6 Å². The van der Waals surface area contributed by atoms with Crippen molar-refractivity contribution >= 4 is 35.2 Å². The number of ether oxygens (including phenoxy) is 1. The van der Waals surface area contributed by atoms with Gasteiger partial charge in [-0.1, -0.05) is 44.3 Å². The number of unbranched alkanes of at least 4 members (excludes halogenated alkanes) is 3. The molecule has 9 heteroatoms. The summed E-state index contributed by atoms with van der Waals surface area (Å²) in [5, 5.41) is 9.25. The van der Waals surface area contributed by atoms with E-state index < -0.39 is 22.6 Å². The Labute approximate surface area is 273 Å². The van der Waals surface area contributed by atoms with E-state index in [2.05, 4.69) is 13.2 Å². The molecule has 1 spiro atoms. The van der Waals surface area contributed by atoms with Crippen molar-refractivity contribution in [2.45, 2.75) is 99.6 Å². The third kappa shape index (κ3) is 6.57. The predicted molar refractivity (Wildman–Crippen MR) is 180 cm³/mol. The second-order valence-corrected chi connectivity index (χ2v) is 14.6. The van der Waals surface area contributed by atoms with Crippen molar-refractivity contribution in [2.75, 3.05) is 37.7 Å². The van der Waals surface area contributed by atoms with Crippen LogP contribution in [-0.2, 0) is 14.4 Å². The number of anilines is 1. The Hall–Kier alpha value is -2.78. The van der Waals surface area contributed by atoms with Gasteiger partial charge in [-0.2, -0.15) is 0 Å². The molecule has 246 valence electrons. The molecule has 2 unspecified atom stereocenters. The summed E-state index contributed by atoms with van der Waals surface area (Å²) in [7, 11) is 0. The number of hydrogen-bond acceptors (Lipinski definition) is 6. The Morgan fingerprint density at radius 3 is 2.40 bits per heavy atom. The molecular formula is C36H51N3O5S. The molecule has 5 rings (SSSR count). The number of nitrogens with zero attached hydrogens (tertiary/aromatic N) is 3. The average Bonchev–Trinajstić information content (AvgIpc) is 3.70. The smallest absolute Gasteiger partial charge is 0.247 e. The first-order valence-corrected chi connectivity index (χ1v) is 18.0. The lowest BCUT2D eigenvalue weighted by Gasteiger charge is -2.41. The highest BCUT2D eigenvalue weighted by molar-refractivity contribution is 8.02. The Morgan fingerprint density at radius 1 is 1.02 bits per heavy atom. The fraction of sp³-hybridized carbons (Fsp3) is 0.639. The number of carbonyl (C=O) groups is 3. The molecule has 3 heterocycles. The number of aliphatic hydroxyl groups excluding tert-OH is 1. The summed E-state index contributed by atoms with van der Waals surface area (Å²) in [6, 6.07) is 7.09. The summed E-state index contributed by atoms with van der Waals surface area (Å²) in [6.07, 6.45) is 13.7. The third-order valence-corrected chi connectivity index (χ3v) is 12.2. The van der Waals surface area contributed by atoms with Crippen LogP contribution < -0.4 is 9.64 Å². The fourth-order valence-corrected chi connectivity index (χ4v) is 10.5. The standard InChI is InChI=1S/C36H51N3O5S/c1-4-22-37(27-16-18-28(19-17-27)44-6-3)33(41)30-29-20-21-36(45-29)31(30)34(42)39(24-12-7-8-13-25-40)32(36)35(43)38(23-5-2)26-14-10-9-11-15-26/h4-5,16-19,26,29-32,40H,1-2,6-15,20-25H2,3H3/t29-,30+,31-,32?,36?/m0/s1. The molecule has 8 nitrogen and oxygen atoms in total. The summed E-state index contributed by atoms with van der Waals surface area (Å²) in [6.45, 7) is 11.9. The second-order valence-electron chi connectivity index (χ2n) is 13.0. The molecule has 1 saturated carbocycles. The number of amides is 3. The quantitative estimate of drug-likeness (QED) is 0.188. The van der Waals surface area contributed by atoms with E-state index >= 15 is 0 Å². The van der Waals surface area contributed by atoms with Gasteiger partial charge in [0, 0.05) is 43.2 Å². The van der Waals surface area contributed by atoms with Gasteiger partial charge in [0.25, 0.3) is 0 Å². The van der Waals surface area contributed by atoms with Gasteiger partial charge in [-0.05, 0) is 69.7 Å². The van der Waals surface area contributed by atoms with Gasteiger partial charge < -0.3 is 24.5 Å². The minimum absolute atomic E-state index is 0.00833. The highest BCUT2D eigenvalue weighted by Crippen LogP contribution is 2.67. The Balaban J connectivity index is 1.47. The Bertz CT molecular complexity index is 1220. The van der Waals surface area contributed by atoms with Crippen molar-refractivity contribution in [2.24, 2.45) is 11.8 Å². The highest BCUT2D eigenvalue weighted by Gasteiger charge is 2.74. The van der Waals surface area contributed by atoms with Gasteiger partial charge in [0.05, 0.1) is 23.2 Å². The topological polar surface area (TPSA) is 90.4 Å². The molecule has 0 radical (unpaired) electrons. The van der Waals surface area contributed by atoms with Crippen molar-refractivity contribution < 1.29 is 24.2 Å². The van der Waals surface area contributed by atoms with E-state index in [1.54, 1.807) is 22.7 Å². The minimum atomic E-state index is -0.614. The van der Waals surface area contributed by atoms with E-state index in [4.69, 9.17) is 4.74 Å². The number of rotatable bonds is 16. The van der Waals surface area contributed by atoms with Gasteiger partial charge >= 0.3 is 0 Å². The molecular weight excluding hydrogens is 586 g/mol. The minimum Gasteiger partial charge on any atom is -0.494 e. The molecule has 1 aromatic rings. The van der Waals surface area contributed by atoms with Gasteiger partial charge in [-0.25, -0.2) is 0 Å². The Morgan fingerprint density at radius 2 is 1.73 bits per heavy atom. The van der Waals surface area contributed by atoms with Crippen LogP contribution >= 0.6 is 11.8 Å². The van der Waals surface area contributed by atoms with Crippen molar-refractivity contribution in [3.05, 3.63) is 49.6 Å². The summed E-state index contributed by atoms with van der Waals surface area (Å²) in [4.78, 5) is 49.5. The van der Waals surface area contributed by atoms with E-state index in [1.807, 2.05) is 47.1 Å². The van der Waals surface area contributed by atoms with Crippen molar-refractivity contribution in [3.63, 3.8) is 0 Å². The predicted octanol–water partition coefficient (Wildman–Crippen LogP) is 5.60. The number of likely N-dealkylation sites (tertiary alicyclic amines) is 1. The molecule has 1 N–H and O–H groups in total. The summed E-state index contributed by atoms with van der Waals surface area (Å²) >= 11 is 1.74. The molecule has 45 heavy (non-hydrogen) atoms. The average molecular weight is 638 g/mol. The first-order valence-electron chi connectivity index (χ1n) is 17.1. The molecule has 4 fully saturated rings. The molecule has 0 aromatic heterocycles. The van der Waals surface area contributed by atoms with E-state index in [0.29, 0.717) is 26.2 Å². The molecule has 1 aliphatic carbocycles. The first-order chi connectivity index (χ1) is 21.9. The molecule has 4 aliphatic rings. The highest BCUT2D eigenvalue weighted by atomic mass is 32.2. The van der Waals surface area contributed by atoms with Crippen molar-refractivity contribution in [1.82, 2.24) is 9.80 Å². The zero-order valence-electron chi connectivity index (χ0n) is 26.9. The molecule has 2 bridgehead atoms. The van der Waals surface area contributed by atoms with Crippen LogP contribution in [0.1, 0.15) is 77.6 Å². The van der Waals surface area contributed by atoms with Crippen LogP contribution in [0.25, 0.3) is 0 Å². The van der Waals surface area contributed by atoms with Gasteiger partial charge in [0.1, 0.15) is 11.8 Å². The zero-order chi connectivity index (χ0) is 32.0. The molecule has 1 aromatic carbocycles. The van der Waals surface area contributed by atoms with Crippen LogP contribution in [0.3, 0.4) is 0 Å². The maximum absolute atomic E-state index is 14.8. The number of hydrogen-bond donors (Lipinski definition) is 1. The number of aliphatic hydroxyl groups is 1. The summed E-state index contributed by atoms with van der Waals surface area (Å²) in [5.74, 6) is -0.375. The van der Waals surface area contributed by atoms with E-state index in [9.17, 15) is 19.5 Å². The fourth-order valence-electron chi connectivity index (χ4n) is 8.33. The van der Waals surface area contributed by atoms with Crippen LogP contribution in [0.2, 0.25) is 0 Å². The zero-order valence-corrected chi connectivity index (χ0v) is 27.7. The van der Waals surface area contributed by atoms with Crippen LogP contribution in [0.15, 0.2) is 49.6 Å². The number of carbonyl (C=O) groups excluding carboxylic acids is 3. The van der Waals surface area contributed by atoms with Crippen LogP contribution in [0.4, 0.5) is 5.69 Å². The monoisotopic (exact) mass is 637 g/mol. The maximum atomic E-state index is 14.8. The van der Waals surface area contributed by atoms with E-state index in [0.717, 1.165) is 75.6 Å². The number of fused-ring (bicyclic) bond motifs is 1. The normalized spacial score (nSPS) is 27.3. The summed E-state index contributed by atoms with van der Waals surface area (Å²) in [5.41, 5.74) is 0.749. The molecule has 3 amide bonds. The molecule has 5 atom stereocenters. The maximum Gasteiger partial charge on any atom is 0.247 e. The largest absolute Gasteiger partial charge is 0.494 e. The van der Waals surface area contributed by atoms with Gasteiger partial charge in [0.2, 0.25) is 17.7 Å². The number of thioether (sulfide) groups is 1. The van der Waals surface area contributed by atoms with Crippen LogP contribution in [0, 0.1) is 11.8 Å². The van der Waals surface area contributed by atoms with Crippen molar-refractivity contribution in [3.8, 4) is 5.75 Å². The molecule has 3 aliphatic heterocycles. The first kappa shape index (κ1) is 33.6. The Kier molecular flexibility index (Phi) is 11.3. The van der Waals surface area contributed by atoms with E-state index in [1.165, 1.54) is 6.42 Å². The third-order valence-electron chi connectivity index (χ3n) is 10.3. The molecule has 3 saturated heterocycles. The van der Waals surface area contributed by atoms with Crippen LogP contribution in [0.5, 0.6) is 5.75 Å². The van der Waals surface area contributed by atoms with Gasteiger partial charge in [-0.3, -0.25) is 14.4 Å². The lowest BCUT2D eigenvalue weighted by atomic mass is 9.70. The van der Waals surface area contributed by atoms with Gasteiger partial charge in [-0.15, -0.1) is 24.9 Å². The lowest BCUT2D eigenvalue weighted by Crippen LogP contribution is -2.57. The summed E-state index contributed by atoms with van der Waals surface area (Å²) < 4.78 is 5.01. The number of benzene rings is 1.